The smallest absolute Gasteiger partial charge is 0.257 e. The fraction of sp³-hybridized carbons (Fsp3) is 0.500. The Morgan fingerprint density at radius 3 is 2.78 bits per heavy atom. The highest BCUT2D eigenvalue weighted by Crippen LogP contribution is 2.23. The molecule has 3 rings (SSSR count). The number of likely N-dealkylation sites (tertiary alicyclic amines) is 1. The first-order chi connectivity index (χ1) is 12.5. The molecule has 27 heavy (non-hydrogen) atoms. The van der Waals surface area contributed by atoms with Crippen LogP contribution in [0.2, 0.25) is 5.02 Å². The van der Waals surface area contributed by atoms with Crippen LogP contribution < -0.4 is 5.32 Å². The molecule has 0 radical (unpaired) electrons. The molecule has 1 saturated heterocycles. The maximum absolute atomic E-state index is 13.2. The Labute approximate surface area is 172 Å². The van der Waals surface area contributed by atoms with Crippen molar-refractivity contribution in [3.05, 3.63) is 51.8 Å². The zero-order chi connectivity index (χ0) is 18.7. The zero-order valence-corrected chi connectivity index (χ0v) is 17.7. The van der Waals surface area contributed by atoms with Crippen molar-refractivity contribution in [2.24, 2.45) is 5.92 Å². The molecule has 0 bridgehead atoms. The molecule has 1 aliphatic heterocycles. The van der Waals surface area contributed by atoms with Gasteiger partial charge in [-0.1, -0.05) is 29.8 Å². The van der Waals surface area contributed by atoms with Crippen molar-refractivity contribution in [3.63, 3.8) is 0 Å². The maximum Gasteiger partial charge on any atom is 0.257 e. The van der Waals surface area contributed by atoms with Gasteiger partial charge in [-0.15, -0.1) is 12.4 Å². The van der Waals surface area contributed by atoms with E-state index in [9.17, 15) is 4.79 Å². The fourth-order valence-electron chi connectivity index (χ4n) is 3.81. The van der Waals surface area contributed by atoms with Gasteiger partial charge < -0.3 is 10.2 Å². The quantitative estimate of drug-likeness (QED) is 0.817. The van der Waals surface area contributed by atoms with E-state index in [0.29, 0.717) is 12.5 Å². The predicted molar refractivity (Wildman–Crippen MR) is 112 cm³/mol. The first-order valence-corrected chi connectivity index (χ1v) is 9.60. The number of piperidine rings is 1. The van der Waals surface area contributed by atoms with Crippen LogP contribution in [0.3, 0.4) is 0 Å². The van der Waals surface area contributed by atoms with Crippen LogP contribution in [0.5, 0.6) is 0 Å². The lowest BCUT2D eigenvalue weighted by Crippen LogP contribution is -2.42. The fourth-order valence-corrected chi connectivity index (χ4v) is 4.01. The van der Waals surface area contributed by atoms with Crippen LogP contribution in [0.15, 0.2) is 24.3 Å². The highest BCUT2D eigenvalue weighted by Gasteiger charge is 2.28. The molecule has 1 amide bonds. The largest absolute Gasteiger partial charge is 0.338 e. The Morgan fingerprint density at radius 2 is 2.07 bits per heavy atom. The molecule has 0 spiro atoms. The van der Waals surface area contributed by atoms with Gasteiger partial charge >= 0.3 is 0 Å². The summed E-state index contributed by atoms with van der Waals surface area (Å²) in [7, 11) is 1.97. The molecule has 148 valence electrons. The minimum atomic E-state index is 0. The highest BCUT2D eigenvalue weighted by molar-refractivity contribution is 6.31. The molecule has 1 aromatic carbocycles. The lowest BCUT2D eigenvalue weighted by Gasteiger charge is -2.32. The Hall–Kier alpha value is -1.56. The van der Waals surface area contributed by atoms with Crippen LogP contribution in [0.25, 0.3) is 0 Å². The topological polar surface area (TPSA) is 50.2 Å². The number of rotatable bonds is 5. The number of hydrogen-bond acceptors (Lipinski definition) is 3. The van der Waals surface area contributed by atoms with Crippen molar-refractivity contribution in [1.82, 2.24) is 20.0 Å². The number of aryl methyl sites for hydroxylation is 1. The van der Waals surface area contributed by atoms with Gasteiger partial charge in [0.15, 0.2) is 0 Å². The molecular formula is C20H28Cl2N4O. The third kappa shape index (κ3) is 4.84. The van der Waals surface area contributed by atoms with Gasteiger partial charge in [-0.05, 0) is 57.8 Å². The number of nitrogens with zero attached hydrogens (tertiary/aromatic N) is 3. The SMILES string of the molecule is CNCC1CCCN(C(=O)c2c(C)nn(Cc3ccccc3Cl)c2C)C1.Cl. The monoisotopic (exact) mass is 410 g/mol. The number of carbonyl (C=O) groups is 1. The van der Waals surface area contributed by atoms with Gasteiger partial charge in [0, 0.05) is 23.8 Å². The number of nitrogens with one attached hydrogen (secondary N) is 1. The summed E-state index contributed by atoms with van der Waals surface area (Å²) in [5, 5.41) is 8.57. The van der Waals surface area contributed by atoms with Gasteiger partial charge in [0.1, 0.15) is 0 Å². The van der Waals surface area contributed by atoms with Crippen LogP contribution in [0.4, 0.5) is 0 Å². The highest BCUT2D eigenvalue weighted by atomic mass is 35.5. The summed E-state index contributed by atoms with van der Waals surface area (Å²) in [4.78, 5) is 15.1. The van der Waals surface area contributed by atoms with Gasteiger partial charge in [-0.2, -0.15) is 5.10 Å². The van der Waals surface area contributed by atoms with E-state index >= 15 is 0 Å². The molecule has 0 aliphatic carbocycles. The minimum absolute atomic E-state index is 0. The molecule has 1 fully saturated rings. The first-order valence-electron chi connectivity index (χ1n) is 9.22. The first kappa shape index (κ1) is 21.7. The lowest BCUT2D eigenvalue weighted by molar-refractivity contribution is 0.0672. The molecule has 1 atom stereocenters. The van der Waals surface area contributed by atoms with Crippen molar-refractivity contribution in [3.8, 4) is 0 Å². The van der Waals surface area contributed by atoms with E-state index in [2.05, 4.69) is 10.4 Å². The molecule has 1 N–H and O–H groups in total. The Morgan fingerprint density at radius 1 is 1.33 bits per heavy atom. The third-order valence-corrected chi connectivity index (χ3v) is 5.54. The lowest BCUT2D eigenvalue weighted by atomic mass is 9.97. The summed E-state index contributed by atoms with van der Waals surface area (Å²) in [5.74, 6) is 0.627. The number of aromatic nitrogens is 2. The molecule has 5 nitrogen and oxygen atoms in total. The van der Waals surface area contributed by atoms with E-state index in [-0.39, 0.29) is 18.3 Å². The summed E-state index contributed by atoms with van der Waals surface area (Å²) in [6.45, 7) is 7.05. The molecule has 1 aromatic heterocycles. The van der Waals surface area contributed by atoms with E-state index in [0.717, 1.165) is 53.6 Å². The van der Waals surface area contributed by atoms with Gasteiger partial charge in [0.2, 0.25) is 0 Å². The Bertz CT molecular complexity index is 788. The molecular weight excluding hydrogens is 383 g/mol. The summed E-state index contributed by atoms with van der Waals surface area (Å²) in [5.41, 5.74) is 3.44. The van der Waals surface area contributed by atoms with Crippen molar-refractivity contribution < 1.29 is 4.79 Å². The number of halogens is 2. The number of amides is 1. The van der Waals surface area contributed by atoms with E-state index in [1.807, 2.05) is 54.7 Å². The van der Waals surface area contributed by atoms with Crippen molar-refractivity contribution >= 4 is 29.9 Å². The second-order valence-corrected chi connectivity index (χ2v) is 7.52. The number of hydrogen-bond donors (Lipinski definition) is 1. The average Bonchev–Trinajstić information content (AvgIpc) is 2.90. The summed E-state index contributed by atoms with van der Waals surface area (Å²) in [6, 6.07) is 7.76. The summed E-state index contributed by atoms with van der Waals surface area (Å²) < 4.78 is 1.89. The van der Waals surface area contributed by atoms with Crippen molar-refractivity contribution in [2.75, 3.05) is 26.7 Å². The van der Waals surface area contributed by atoms with Gasteiger partial charge in [0.05, 0.1) is 17.8 Å². The van der Waals surface area contributed by atoms with Crippen LogP contribution in [-0.2, 0) is 6.54 Å². The molecule has 0 saturated carbocycles. The predicted octanol–water partition coefficient (Wildman–Crippen LogP) is 3.70. The minimum Gasteiger partial charge on any atom is -0.338 e. The molecule has 1 aliphatic rings. The number of carbonyl (C=O) groups excluding carboxylic acids is 1. The maximum atomic E-state index is 13.2. The Balaban J connectivity index is 0.00000261. The van der Waals surface area contributed by atoms with E-state index < -0.39 is 0 Å². The van der Waals surface area contributed by atoms with Crippen LogP contribution in [0.1, 0.15) is 40.2 Å². The molecule has 2 heterocycles. The van der Waals surface area contributed by atoms with Crippen LogP contribution >= 0.6 is 24.0 Å². The third-order valence-electron chi connectivity index (χ3n) is 5.17. The normalized spacial score (nSPS) is 16.9. The zero-order valence-electron chi connectivity index (χ0n) is 16.2. The number of benzene rings is 1. The Kier molecular flexibility index (Phi) is 7.71. The second kappa shape index (κ2) is 9.58. The van der Waals surface area contributed by atoms with Gasteiger partial charge in [-0.25, -0.2) is 0 Å². The summed E-state index contributed by atoms with van der Waals surface area (Å²) in [6.07, 6.45) is 2.23. The molecule has 2 aromatic rings. The van der Waals surface area contributed by atoms with E-state index in [4.69, 9.17) is 11.6 Å². The van der Waals surface area contributed by atoms with Gasteiger partial charge in [-0.3, -0.25) is 9.48 Å². The van der Waals surface area contributed by atoms with Crippen molar-refractivity contribution in [2.45, 2.75) is 33.2 Å². The van der Waals surface area contributed by atoms with E-state index in [1.54, 1.807) is 0 Å². The average molecular weight is 411 g/mol. The van der Waals surface area contributed by atoms with Gasteiger partial charge in [0.25, 0.3) is 5.91 Å². The second-order valence-electron chi connectivity index (χ2n) is 7.11. The van der Waals surface area contributed by atoms with Crippen LogP contribution in [0, 0.1) is 19.8 Å². The standard InChI is InChI=1S/C20H27ClN4O.ClH/c1-14-19(20(26)24-10-6-7-16(12-24)11-22-3)15(2)25(23-14)13-17-8-4-5-9-18(17)21;/h4-5,8-9,16,22H,6-7,10-13H2,1-3H3;1H. The summed E-state index contributed by atoms with van der Waals surface area (Å²) >= 11 is 6.28. The molecule has 1 unspecified atom stereocenters. The van der Waals surface area contributed by atoms with Crippen LogP contribution in [-0.4, -0.2) is 47.3 Å². The van der Waals surface area contributed by atoms with E-state index in [1.165, 1.54) is 6.42 Å². The van der Waals surface area contributed by atoms with Crippen molar-refractivity contribution in [1.29, 1.82) is 0 Å². The molecule has 7 heteroatoms.